The van der Waals surface area contributed by atoms with Crippen molar-refractivity contribution in [1.82, 2.24) is 5.32 Å². The number of carbonyl (C=O) groups excluding carboxylic acids is 1. The maximum atomic E-state index is 12.3. The van der Waals surface area contributed by atoms with Crippen LogP contribution in [0, 0.1) is 0 Å². The summed E-state index contributed by atoms with van der Waals surface area (Å²) in [5.41, 5.74) is 3.30. The number of nitrogens with one attached hydrogen (secondary N) is 1. The standard InChI is InChI=1S/C20H22BrNO2/c1-20(2,3)14-8-9-18-13(10-14)11-15(24-18)12-22-19(23)16-6-4-5-7-17(16)21/h4-10,15H,11-12H2,1-3H3,(H,22,23). The Morgan fingerprint density at radius 3 is 2.71 bits per heavy atom. The molecule has 0 bridgehead atoms. The Morgan fingerprint density at radius 1 is 1.25 bits per heavy atom. The van der Waals surface area contributed by atoms with Crippen LogP contribution in [0.15, 0.2) is 46.9 Å². The van der Waals surface area contributed by atoms with Gasteiger partial charge in [0.05, 0.1) is 12.1 Å². The van der Waals surface area contributed by atoms with E-state index in [1.165, 1.54) is 11.1 Å². The zero-order chi connectivity index (χ0) is 17.3. The maximum Gasteiger partial charge on any atom is 0.252 e. The van der Waals surface area contributed by atoms with Crippen LogP contribution in [-0.4, -0.2) is 18.6 Å². The highest BCUT2D eigenvalue weighted by Crippen LogP contribution is 2.33. The first-order valence-electron chi connectivity index (χ1n) is 8.17. The van der Waals surface area contributed by atoms with E-state index in [0.29, 0.717) is 12.1 Å². The Kier molecular flexibility index (Phi) is 4.68. The number of benzene rings is 2. The van der Waals surface area contributed by atoms with E-state index in [4.69, 9.17) is 4.74 Å². The normalized spacial score (nSPS) is 16.4. The van der Waals surface area contributed by atoms with Gasteiger partial charge in [-0.15, -0.1) is 0 Å². The highest BCUT2D eigenvalue weighted by Gasteiger charge is 2.25. The van der Waals surface area contributed by atoms with E-state index in [-0.39, 0.29) is 17.4 Å². The van der Waals surface area contributed by atoms with Crippen molar-refractivity contribution in [3.05, 3.63) is 63.6 Å². The topological polar surface area (TPSA) is 38.3 Å². The summed E-state index contributed by atoms with van der Waals surface area (Å²) in [6.07, 6.45) is 0.817. The second-order valence-electron chi connectivity index (χ2n) is 7.21. The largest absolute Gasteiger partial charge is 0.488 e. The predicted molar refractivity (Wildman–Crippen MR) is 99.7 cm³/mol. The minimum Gasteiger partial charge on any atom is -0.488 e. The van der Waals surface area contributed by atoms with Crippen molar-refractivity contribution in [2.75, 3.05) is 6.54 Å². The summed E-state index contributed by atoms with van der Waals surface area (Å²) >= 11 is 3.41. The first-order chi connectivity index (χ1) is 11.3. The number of fused-ring (bicyclic) bond motifs is 1. The van der Waals surface area contributed by atoms with Gasteiger partial charge >= 0.3 is 0 Å². The third-order valence-electron chi connectivity index (χ3n) is 4.28. The second-order valence-corrected chi connectivity index (χ2v) is 8.06. The molecule has 1 atom stereocenters. The van der Waals surface area contributed by atoms with Gasteiger partial charge in [0, 0.05) is 10.9 Å². The van der Waals surface area contributed by atoms with Crippen molar-refractivity contribution >= 4 is 21.8 Å². The van der Waals surface area contributed by atoms with Crippen LogP contribution < -0.4 is 10.1 Å². The van der Waals surface area contributed by atoms with E-state index in [1.807, 2.05) is 24.3 Å². The summed E-state index contributed by atoms with van der Waals surface area (Å²) in [6, 6.07) is 13.8. The van der Waals surface area contributed by atoms with Gasteiger partial charge in [-0.25, -0.2) is 0 Å². The van der Waals surface area contributed by atoms with Gasteiger partial charge in [0.15, 0.2) is 0 Å². The van der Waals surface area contributed by atoms with E-state index < -0.39 is 0 Å². The summed E-state index contributed by atoms with van der Waals surface area (Å²) < 4.78 is 6.76. The lowest BCUT2D eigenvalue weighted by molar-refractivity contribution is 0.0933. The fourth-order valence-electron chi connectivity index (χ4n) is 2.85. The van der Waals surface area contributed by atoms with Crippen LogP contribution in [0.2, 0.25) is 0 Å². The van der Waals surface area contributed by atoms with Gasteiger partial charge in [-0.2, -0.15) is 0 Å². The summed E-state index contributed by atoms with van der Waals surface area (Å²) in [7, 11) is 0. The van der Waals surface area contributed by atoms with Gasteiger partial charge in [-0.05, 0) is 50.7 Å². The molecular formula is C20H22BrNO2. The van der Waals surface area contributed by atoms with Gasteiger partial charge in [-0.1, -0.05) is 45.0 Å². The van der Waals surface area contributed by atoms with E-state index in [1.54, 1.807) is 6.07 Å². The molecular weight excluding hydrogens is 366 g/mol. The Balaban J connectivity index is 1.62. The fourth-order valence-corrected chi connectivity index (χ4v) is 3.31. The van der Waals surface area contributed by atoms with Crippen LogP contribution in [0.25, 0.3) is 0 Å². The SMILES string of the molecule is CC(C)(C)c1ccc2c(c1)CC(CNC(=O)c1ccccc1Br)O2. The van der Waals surface area contributed by atoms with Gasteiger partial charge in [0.1, 0.15) is 11.9 Å². The molecule has 1 aliphatic heterocycles. The Hall–Kier alpha value is -1.81. The zero-order valence-electron chi connectivity index (χ0n) is 14.2. The van der Waals surface area contributed by atoms with Gasteiger partial charge in [0.25, 0.3) is 5.91 Å². The molecule has 2 aromatic carbocycles. The molecule has 24 heavy (non-hydrogen) atoms. The number of hydrogen-bond donors (Lipinski definition) is 1. The van der Waals surface area contributed by atoms with Gasteiger partial charge < -0.3 is 10.1 Å². The van der Waals surface area contributed by atoms with Crippen molar-refractivity contribution in [3.63, 3.8) is 0 Å². The molecule has 1 heterocycles. The summed E-state index contributed by atoms with van der Waals surface area (Å²) in [5, 5.41) is 2.97. The molecule has 0 saturated carbocycles. The number of carbonyl (C=O) groups is 1. The maximum absolute atomic E-state index is 12.3. The average Bonchev–Trinajstić information content (AvgIpc) is 2.94. The number of halogens is 1. The second kappa shape index (κ2) is 6.60. The highest BCUT2D eigenvalue weighted by atomic mass is 79.9. The minimum atomic E-state index is -0.0857. The lowest BCUT2D eigenvalue weighted by atomic mass is 9.86. The first kappa shape index (κ1) is 17.0. The molecule has 3 nitrogen and oxygen atoms in total. The molecule has 1 unspecified atom stereocenters. The molecule has 0 saturated heterocycles. The van der Waals surface area contributed by atoms with E-state index >= 15 is 0 Å². The third kappa shape index (κ3) is 3.64. The van der Waals surface area contributed by atoms with E-state index in [9.17, 15) is 4.79 Å². The quantitative estimate of drug-likeness (QED) is 0.842. The van der Waals surface area contributed by atoms with Gasteiger partial charge in [-0.3, -0.25) is 4.79 Å². The van der Waals surface area contributed by atoms with Crippen LogP contribution in [0.1, 0.15) is 42.3 Å². The molecule has 0 fully saturated rings. The number of rotatable bonds is 3. The minimum absolute atomic E-state index is 0.0124. The van der Waals surface area contributed by atoms with Crippen LogP contribution >= 0.6 is 15.9 Å². The third-order valence-corrected chi connectivity index (χ3v) is 4.97. The number of hydrogen-bond acceptors (Lipinski definition) is 2. The molecule has 126 valence electrons. The van der Waals surface area contributed by atoms with Crippen molar-refractivity contribution in [2.45, 2.75) is 38.7 Å². The van der Waals surface area contributed by atoms with Crippen LogP contribution in [0.4, 0.5) is 0 Å². The van der Waals surface area contributed by atoms with Crippen LogP contribution in [0.3, 0.4) is 0 Å². The first-order valence-corrected chi connectivity index (χ1v) is 8.96. The Morgan fingerprint density at radius 2 is 2.00 bits per heavy atom. The molecule has 0 radical (unpaired) electrons. The number of ether oxygens (including phenoxy) is 1. The summed E-state index contributed by atoms with van der Waals surface area (Å²) in [5.74, 6) is 0.848. The highest BCUT2D eigenvalue weighted by molar-refractivity contribution is 9.10. The molecule has 2 aromatic rings. The lowest BCUT2D eigenvalue weighted by Crippen LogP contribution is -2.34. The number of amides is 1. The molecule has 3 rings (SSSR count). The molecule has 0 aliphatic carbocycles. The summed E-state index contributed by atoms with van der Waals surface area (Å²) in [6.45, 7) is 7.12. The van der Waals surface area contributed by atoms with Crippen molar-refractivity contribution in [1.29, 1.82) is 0 Å². The van der Waals surface area contributed by atoms with E-state index in [2.05, 4.69) is 54.2 Å². The smallest absolute Gasteiger partial charge is 0.252 e. The average molecular weight is 388 g/mol. The van der Waals surface area contributed by atoms with Crippen molar-refractivity contribution in [3.8, 4) is 5.75 Å². The monoisotopic (exact) mass is 387 g/mol. The Bertz CT molecular complexity index is 764. The molecule has 1 aliphatic rings. The Labute approximate surface area is 151 Å². The fraction of sp³-hybridized carbons (Fsp3) is 0.350. The van der Waals surface area contributed by atoms with E-state index in [0.717, 1.165) is 16.6 Å². The lowest BCUT2D eigenvalue weighted by Gasteiger charge is -2.19. The molecule has 1 N–H and O–H groups in total. The predicted octanol–water partition coefficient (Wildman–Crippen LogP) is 4.48. The zero-order valence-corrected chi connectivity index (χ0v) is 15.8. The van der Waals surface area contributed by atoms with Crippen molar-refractivity contribution < 1.29 is 9.53 Å². The molecule has 1 amide bonds. The summed E-state index contributed by atoms with van der Waals surface area (Å²) in [4.78, 5) is 12.3. The van der Waals surface area contributed by atoms with Crippen LogP contribution in [-0.2, 0) is 11.8 Å². The van der Waals surface area contributed by atoms with Crippen molar-refractivity contribution in [2.24, 2.45) is 0 Å². The molecule has 0 aromatic heterocycles. The van der Waals surface area contributed by atoms with Gasteiger partial charge in [0.2, 0.25) is 0 Å². The van der Waals surface area contributed by atoms with Crippen LogP contribution in [0.5, 0.6) is 5.75 Å². The molecule has 4 heteroatoms. The molecule has 0 spiro atoms.